The van der Waals surface area contributed by atoms with E-state index in [9.17, 15) is 4.79 Å². The van der Waals surface area contributed by atoms with Crippen molar-refractivity contribution in [3.8, 4) is 0 Å². The van der Waals surface area contributed by atoms with Gasteiger partial charge in [-0.3, -0.25) is 4.79 Å². The van der Waals surface area contributed by atoms with E-state index in [2.05, 4.69) is 6.58 Å². The fourth-order valence-corrected chi connectivity index (χ4v) is 0.565. The minimum atomic E-state index is 0.272. The largest absolute Gasteiger partial charge is 0.299 e. The Morgan fingerprint density at radius 3 is 2.64 bits per heavy atom. The molecule has 0 aliphatic heterocycles. The lowest BCUT2D eigenvalue weighted by Crippen LogP contribution is -1.90. The SMILES string of the molecule is C=C/C=C/C=C/CC(=O)CC. The molecular weight excluding hydrogens is 136 g/mol. The van der Waals surface area contributed by atoms with Gasteiger partial charge in [-0.1, -0.05) is 43.9 Å². The molecule has 0 saturated carbocycles. The zero-order valence-electron chi connectivity index (χ0n) is 6.92. The molecule has 0 radical (unpaired) electrons. The number of allylic oxidation sites excluding steroid dienone is 5. The lowest BCUT2D eigenvalue weighted by Gasteiger charge is -1.85. The van der Waals surface area contributed by atoms with Crippen LogP contribution in [0.15, 0.2) is 37.0 Å². The molecule has 0 amide bonds. The number of Topliss-reactive ketones (excluding diaryl/α,β-unsaturated/α-hetero) is 1. The third kappa shape index (κ3) is 6.78. The van der Waals surface area contributed by atoms with Gasteiger partial charge in [0.25, 0.3) is 0 Å². The van der Waals surface area contributed by atoms with E-state index in [0.717, 1.165) is 0 Å². The molecule has 0 aromatic rings. The first-order valence-corrected chi connectivity index (χ1v) is 3.77. The van der Waals surface area contributed by atoms with Gasteiger partial charge in [-0.2, -0.15) is 0 Å². The molecule has 0 aromatic carbocycles. The van der Waals surface area contributed by atoms with Crippen molar-refractivity contribution in [2.75, 3.05) is 0 Å². The summed E-state index contributed by atoms with van der Waals surface area (Å²) >= 11 is 0. The second-order valence-corrected chi connectivity index (χ2v) is 2.15. The zero-order chi connectivity index (χ0) is 8.53. The lowest BCUT2D eigenvalue weighted by molar-refractivity contribution is -0.117. The highest BCUT2D eigenvalue weighted by Gasteiger charge is 1.90. The summed E-state index contributed by atoms with van der Waals surface area (Å²) in [6, 6.07) is 0. The number of carbonyl (C=O) groups excluding carboxylic acids is 1. The molecule has 0 bridgehead atoms. The zero-order valence-corrected chi connectivity index (χ0v) is 6.92. The minimum absolute atomic E-state index is 0.272. The topological polar surface area (TPSA) is 17.1 Å². The van der Waals surface area contributed by atoms with Crippen LogP contribution in [0.2, 0.25) is 0 Å². The molecule has 0 aromatic heterocycles. The monoisotopic (exact) mass is 150 g/mol. The van der Waals surface area contributed by atoms with Gasteiger partial charge in [0.05, 0.1) is 0 Å². The molecule has 0 rings (SSSR count). The number of ketones is 1. The maximum atomic E-state index is 10.7. The van der Waals surface area contributed by atoms with Gasteiger partial charge in [-0.15, -0.1) is 0 Å². The normalized spacial score (nSPS) is 11.0. The van der Waals surface area contributed by atoms with Crippen molar-refractivity contribution in [2.24, 2.45) is 0 Å². The summed E-state index contributed by atoms with van der Waals surface area (Å²) in [4.78, 5) is 10.7. The van der Waals surface area contributed by atoms with Crippen molar-refractivity contribution < 1.29 is 4.79 Å². The van der Waals surface area contributed by atoms with Crippen LogP contribution in [-0.2, 0) is 4.79 Å². The van der Waals surface area contributed by atoms with E-state index in [1.807, 2.05) is 31.2 Å². The van der Waals surface area contributed by atoms with E-state index in [1.54, 1.807) is 6.08 Å². The van der Waals surface area contributed by atoms with E-state index in [1.165, 1.54) is 0 Å². The number of hydrogen-bond donors (Lipinski definition) is 0. The van der Waals surface area contributed by atoms with Crippen molar-refractivity contribution in [2.45, 2.75) is 19.8 Å². The maximum absolute atomic E-state index is 10.7. The second-order valence-electron chi connectivity index (χ2n) is 2.15. The first-order valence-electron chi connectivity index (χ1n) is 3.77. The van der Waals surface area contributed by atoms with Crippen LogP contribution in [0.5, 0.6) is 0 Å². The molecule has 1 nitrogen and oxygen atoms in total. The predicted molar refractivity (Wildman–Crippen MR) is 48.4 cm³/mol. The summed E-state index contributed by atoms with van der Waals surface area (Å²) in [7, 11) is 0. The summed E-state index contributed by atoms with van der Waals surface area (Å²) in [5, 5.41) is 0. The van der Waals surface area contributed by atoms with Crippen molar-refractivity contribution in [1.82, 2.24) is 0 Å². The van der Waals surface area contributed by atoms with Crippen LogP contribution in [0.1, 0.15) is 19.8 Å². The highest BCUT2D eigenvalue weighted by molar-refractivity contribution is 5.79. The lowest BCUT2D eigenvalue weighted by atomic mass is 10.2. The molecule has 0 aliphatic rings. The molecule has 0 aliphatic carbocycles. The summed E-state index contributed by atoms with van der Waals surface area (Å²) in [5.41, 5.74) is 0. The van der Waals surface area contributed by atoms with E-state index < -0.39 is 0 Å². The average molecular weight is 150 g/mol. The smallest absolute Gasteiger partial charge is 0.136 e. The highest BCUT2D eigenvalue weighted by Crippen LogP contribution is 1.90. The van der Waals surface area contributed by atoms with Crippen LogP contribution < -0.4 is 0 Å². The van der Waals surface area contributed by atoms with Crippen LogP contribution in [0, 0.1) is 0 Å². The Labute approximate surface area is 68.1 Å². The Kier molecular flexibility index (Phi) is 6.30. The Morgan fingerprint density at radius 2 is 2.09 bits per heavy atom. The first-order chi connectivity index (χ1) is 5.31. The van der Waals surface area contributed by atoms with Crippen molar-refractivity contribution in [3.63, 3.8) is 0 Å². The third-order valence-corrected chi connectivity index (χ3v) is 1.23. The molecule has 60 valence electrons. The first kappa shape index (κ1) is 9.89. The molecule has 0 saturated heterocycles. The molecule has 0 atom stereocenters. The van der Waals surface area contributed by atoms with E-state index in [4.69, 9.17) is 0 Å². The fourth-order valence-electron chi connectivity index (χ4n) is 0.565. The average Bonchev–Trinajstić information content (AvgIpc) is 2.04. The summed E-state index contributed by atoms with van der Waals surface area (Å²) in [6.45, 7) is 5.39. The molecule has 0 fully saturated rings. The number of rotatable bonds is 5. The van der Waals surface area contributed by atoms with Crippen LogP contribution in [0.25, 0.3) is 0 Å². The molecule has 1 heteroatoms. The molecule has 0 heterocycles. The van der Waals surface area contributed by atoms with Gasteiger partial charge < -0.3 is 0 Å². The summed E-state index contributed by atoms with van der Waals surface area (Å²) in [5.74, 6) is 0.272. The third-order valence-electron chi connectivity index (χ3n) is 1.23. The number of carbonyl (C=O) groups is 1. The Morgan fingerprint density at radius 1 is 1.36 bits per heavy atom. The standard InChI is InChI=1S/C10H14O/c1-3-5-6-7-8-9-10(11)4-2/h3,5-8H,1,4,9H2,2H3/b6-5+,8-7+. The Hall–Kier alpha value is -1.11. The van der Waals surface area contributed by atoms with Crippen LogP contribution in [-0.4, -0.2) is 5.78 Å². The second kappa shape index (κ2) is 7.00. The Bertz CT molecular complexity index is 175. The Balaban J connectivity index is 3.52. The van der Waals surface area contributed by atoms with Gasteiger partial charge >= 0.3 is 0 Å². The van der Waals surface area contributed by atoms with Crippen LogP contribution >= 0.6 is 0 Å². The summed E-state index contributed by atoms with van der Waals surface area (Å²) in [6.07, 6.45) is 10.3. The van der Waals surface area contributed by atoms with Crippen molar-refractivity contribution >= 4 is 5.78 Å². The van der Waals surface area contributed by atoms with Gasteiger partial charge in [-0.05, 0) is 0 Å². The van der Waals surface area contributed by atoms with Gasteiger partial charge in [0.15, 0.2) is 0 Å². The van der Waals surface area contributed by atoms with Gasteiger partial charge in [0.2, 0.25) is 0 Å². The summed E-state index contributed by atoms with van der Waals surface area (Å²) < 4.78 is 0. The van der Waals surface area contributed by atoms with E-state index >= 15 is 0 Å². The molecule has 0 N–H and O–H groups in total. The van der Waals surface area contributed by atoms with Crippen molar-refractivity contribution in [3.05, 3.63) is 37.0 Å². The maximum Gasteiger partial charge on any atom is 0.136 e. The van der Waals surface area contributed by atoms with Gasteiger partial charge in [0.1, 0.15) is 5.78 Å². The minimum Gasteiger partial charge on any atom is -0.299 e. The molecule has 0 spiro atoms. The quantitative estimate of drug-likeness (QED) is 0.551. The highest BCUT2D eigenvalue weighted by atomic mass is 16.1. The van der Waals surface area contributed by atoms with Gasteiger partial charge in [-0.25, -0.2) is 0 Å². The fraction of sp³-hybridized carbons (Fsp3) is 0.300. The van der Waals surface area contributed by atoms with Gasteiger partial charge in [0, 0.05) is 12.8 Å². The molecule has 0 unspecified atom stereocenters. The molecule has 11 heavy (non-hydrogen) atoms. The van der Waals surface area contributed by atoms with E-state index in [-0.39, 0.29) is 5.78 Å². The van der Waals surface area contributed by atoms with Crippen LogP contribution in [0.4, 0.5) is 0 Å². The predicted octanol–water partition coefficient (Wildman–Crippen LogP) is 2.65. The molecular formula is C10H14O. The van der Waals surface area contributed by atoms with Crippen LogP contribution in [0.3, 0.4) is 0 Å². The van der Waals surface area contributed by atoms with Crippen molar-refractivity contribution in [1.29, 1.82) is 0 Å². The van der Waals surface area contributed by atoms with E-state index in [0.29, 0.717) is 12.8 Å². The number of hydrogen-bond acceptors (Lipinski definition) is 1.